The zero-order chi connectivity index (χ0) is 23.5. The number of pyridine rings is 1. The summed E-state index contributed by atoms with van der Waals surface area (Å²) < 4.78 is 31.9. The molecule has 1 aromatic carbocycles. The number of H-pyrrole nitrogens is 1. The molecule has 180 valence electrons. The minimum atomic E-state index is -0.659. The molecule has 4 heterocycles. The molecule has 0 saturated heterocycles. The second kappa shape index (κ2) is 10.2. The number of para-hydroxylation sites is 1. The van der Waals surface area contributed by atoms with Gasteiger partial charge in [0.05, 0.1) is 0 Å². The molecule has 2 bridgehead atoms. The Labute approximate surface area is 207 Å². The fourth-order valence-electron chi connectivity index (χ4n) is 4.16. The van der Waals surface area contributed by atoms with E-state index >= 15 is 0 Å². The number of anilines is 2. The van der Waals surface area contributed by atoms with Crippen molar-refractivity contribution in [3.8, 4) is 22.8 Å². The van der Waals surface area contributed by atoms with E-state index in [-0.39, 0.29) is 15.6 Å². The Kier molecular flexibility index (Phi) is 6.86. The van der Waals surface area contributed by atoms with Crippen molar-refractivity contribution >= 4 is 17.3 Å². The Hall–Kier alpha value is -2.86. The van der Waals surface area contributed by atoms with Crippen molar-refractivity contribution < 1.29 is 43.3 Å². The van der Waals surface area contributed by atoms with Gasteiger partial charge in [0, 0.05) is 0 Å². The van der Waals surface area contributed by atoms with E-state index < -0.39 is 27.4 Å². The van der Waals surface area contributed by atoms with Crippen molar-refractivity contribution in [2.24, 2.45) is 0 Å². The van der Waals surface area contributed by atoms with Crippen molar-refractivity contribution in [1.82, 2.24) is 15.3 Å². The maximum atomic E-state index is 14.4. The number of nitrogens with zero attached hydrogens (tertiary/aromatic N) is 1. The topological polar surface area (TPSA) is 97.5 Å². The molecule has 8 nitrogen and oxygen atoms in total. The number of hydrogen-bond donors (Lipinski definition) is 3. The second-order valence-electron chi connectivity index (χ2n) is 7.97. The maximum absolute atomic E-state index is 14.4. The Balaban J connectivity index is 1.69. The van der Waals surface area contributed by atoms with Gasteiger partial charge in [-0.3, -0.25) is 0 Å². The average molecular weight is 579 g/mol. The number of carbonyl (C=O) groups excluding carboxylic acids is 1. The average Bonchev–Trinajstić information content (AvgIpc) is 3.22. The molecule has 1 atom stereocenters. The van der Waals surface area contributed by atoms with Gasteiger partial charge in [0.1, 0.15) is 0 Å². The molecule has 3 N–H and O–H groups in total. The third-order valence-electron chi connectivity index (χ3n) is 5.79. The van der Waals surface area contributed by atoms with Crippen LogP contribution in [0.15, 0.2) is 36.7 Å². The SMILES string of the molecule is COc1c(F)cccc1Nc1c2[nH]c3c1C(=O)NC[C@H]3[I-]OCCCCCOc1cnccc1-2. The number of rotatable bonds is 3. The summed E-state index contributed by atoms with van der Waals surface area (Å²) in [6.45, 7) is 1.77. The number of nitrogens with one attached hydrogen (secondary N) is 3. The summed E-state index contributed by atoms with van der Waals surface area (Å²) in [5.41, 5.74) is 3.72. The number of aromatic amines is 1. The first kappa shape index (κ1) is 22.9. The number of ether oxygens (including phenoxy) is 2. The van der Waals surface area contributed by atoms with Crippen LogP contribution in [0.3, 0.4) is 0 Å². The fraction of sp³-hybridized carbons (Fsp3) is 0.333. The van der Waals surface area contributed by atoms with Crippen LogP contribution in [0.1, 0.15) is 39.2 Å². The number of alkyl halides is 1. The number of halogens is 2. The zero-order valence-corrected chi connectivity index (χ0v) is 20.8. The number of fused-ring (bicyclic) bond motifs is 3. The molecule has 34 heavy (non-hydrogen) atoms. The fourth-order valence-corrected chi connectivity index (χ4v) is 6.28. The van der Waals surface area contributed by atoms with E-state index in [1.54, 1.807) is 24.5 Å². The van der Waals surface area contributed by atoms with Crippen LogP contribution in [-0.2, 0) is 3.07 Å². The number of benzene rings is 1. The van der Waals surface area contributed by atoms with Crippen molar-refractivity contribution in [3.05, 3.63) is 53.7 Å². The van der Waals surface area contributed by atoms with Gasteiger partial charge < -0.3 is 0 Å². The molecule has 0 spiro atoms. The first-order chi connectivity index (χ1) is 16.7. The molecule has 0 aliphatic carbocycles. The molecule has 2 aliphatic heterocycles. The molecule has 0 radical (unpaired) electrons. The van der Waals surface area contributed by atoms with Crippen molar-refractivity contribution in [1.29, 1.82) is 0 Å². The van der Waals surface area contributed by atoms with Gasteiger partial charge in [-0.2, -0.15) is 0 Å². The quantitative estimate of drug-likeness (QED) is 0.320. The van der Waals surface area contributed by atoms with Gasteiger partial charge in [-0.05, 0) is 0 Å². The zero-order valence-electron chi connectivity index (χ0n) is 18.6. The van der Waals surface area contributed by atoms with Gasteiger partial charge in [0.15, 0.2) is 0 Å². The summed E-state index contributed by atoms with van der Waals surface area (Å²) in [6.07, 6.45) is 6.26. The third-order valence-corrected chi connectivity index (χ3v) is 8.27. The van der Waals surface area contributed by atoms with Crippen LogP contribution >= 0.6 is 0 Å². The van der Waals surface area contributed by atoms with Crippen LogP contribution in [0.5, 0.6) is 11.5 Å². The number of aromatic nitrogens is 2. The van der Waals surface area contributed by atoms with Crippen LogP contribution in [0, 0.1) is 5.82 Å². The monoisotopic (exact) mass is 579 g/mol. The van der Waals surface area contributed by atoms with Crippen LogP contribution in [0.25, 0.3) is 11.3 Å². The molecule has 0 unspecified atom stereocenters. The van der Waals surface area contributed by atoms with Crippen molar-refractivity contribution in [3.63, 3.8) is 0 Å². The number of carbonyl (C=O) groups is 1. The summed E-state index contributed by atoms with van der Waals surface area (Å²) >= 11 is -0.659. The number of methoxy groups -OCH3 is 1. The van der Waals surface area contributed by atoms with E-state index in [9.17, 15) is 9.18 Å². The van der Waals surface area contributed by atoms with Crippen LogP contribution < -0.4 is 41.7 Å². The molecule has 10 heteroatoms. The Morgan fingerprint density at radius 3 is 3.00 bits per heavy atom. The summed E-state index contributed by atoms with van der Waals surface area (Å²) in [4.78, 5) is 20.8. The predicted molar refractivity (Wildman–Crippen MR) is 121 cm³/mol. The van der Waals surface area contributed by atoms with Crippen LogP contribution in [0.2, 0.25) is 0 Å². The molecular formula is C24H25FIN4O4-. The van der Waals surface area contributed by atoms with Gasteiger partial charge in [-0.25, -0.2) is 0 Å². The number of hydrogen-bond acceptors (Lipinski definition) is 6. The van der Waals surface area contributed by atoms with Crippen LogP contribution in [-0.4, -0.2) is 42.7 Å². The predicted octanol–water partition coefficient (Wildman–Crippen LogP) is 1.34. The standard InChI is InChI=1S/C24H25FIN4O4/c1-32-23-15(25)6-5-7-17(23)29-22-19-21-16(12-28-24(19)31)26-34-11-4-2-3-10-33-18-13-27-9-8-14(18)20(22)30-21/h5-9,13,16,29-30H,2-4,10-12H2,1H3,(H,28,31)/q-1/t16-/m1/s1. The van der Waals surface area contributed by atoms with E-state index in [4.69, 9.17) is 12.5 Å². The van der Waals surface area contributed by atoms with E-state index in [1.165, 1.54) is 13.2 Å². The van der Waals surface area contributed by atoms with Gasteiger partial charge in [-0.15, -0.1) is 0 Å². The van der Waals surface area contributed by atoms with Crippen LogP contribution in [0.4, 0.5) is 15.8 Å². The molecule has 1 amide bonds. The van der Waals surface area contributed by atoms with Gasteiger partial charge in [0.2, 0.25) is 0 Å². The molecule has 5 rings (SSSR count). The summed E-state index contributed by atoms with van der Waals surface area (Å²) in [5.74, 6) is 0.00202. The summed E-state index contributed by atoms with van der Waals surface area (Å²) in [7, 11) is 1.41. The van der Waals surface area contributed by atoms with E-state index in [1.807, 2.05) is 6.07 Å². The van der Waals surface area contributed by atoms with E-state index in [2.05, 4.69) is 20.6 Å². The molecular weight excluding hydrogens is 554 g/mol. The normalized spacial score (nSPS) is 18.4. The van der Waals surface area contributed by atoms with Crippen molar-refractivity contribution in [2.45, 2.75) is 23.2 Å². The molecule has 2 aliphatic rings. The third kappa shape index (κ3) is 4.43. The van der Waals surface area contributed by atoms with E-state index in [0.29, 0.717) is 48.1 Å². The van der Waals surface area contributed by atoms with Crippen molar-refractivity contribution in [2.75, 3.05) is 32.2 Å². The summed E-state index contributed by atoms with van der Waals surface area (Å²) in [5, 5.41) is 6.28. The Morgan fingerprint density at radius 1 is 1.24 bits per heavy atom. The first-order valence-electron chi connectivity index (χ1n) is 11.1. The molecule has 2 aromatic heterocycles. The molecule has 3 aromatic rings. The van der Waals surface area contributed by atoms with Gasteiger partial charge in [0.25, 0.3) is 0 Å². The second-order valence-corrected chi connectivity index (χ2v) is 10.6. The molecule has 0 fully saturated rings. The minimum absolute atomic E-state index is 0.0596. The first-order valence-corrected chi connectivity index (χ1v) is 13.3. The Bertz CT molecular complexity index is 1200. The molecule has 0 saturated carbocycles. The van der Waals surface area contributed by atoms with Gasteiger partial charge >= 0.3 is 208 Å². The summed E-state index contributed by atoms with van der Waals surface area (Å²) in [6, 6.07) is 6.49. The number of amides is 1. The van der Waals surface area contributed by atoms with Gasteiger partial charge in [-0.1, -0.05) is 0 Å². The Morgan fingerprint density at radius 2 is 2.12 bits per heavy atom. The van der Waals surface area contributed by atoms with E-state index in [0.717, 1.165) is 30.5 Å².